The summed E-state index contributed by atoms with van der Waals surface area (Å²) in [5.74, 6) is -0.0473. The number of carbonyl (C=O) groups excluding carboxylic acids is 1. The molecule has 0 saturated heterocycles. The maximum atomic E-state index is 11.8. The van der Waals surface area contributed by atoms with Crippen molar-refractivity contribution in [3.8, 4) is 10.8 Å². The number of amides is 1. The second kappa shape index (κ2) is 6.82. The summed E-state index contributed by atoms with van der Waals surface area (Å²) in [4.78, 5) is 16.6. The summed E-state index contributed by atoms with van der Waals surface area (Å²) < 4.78 is 7.74. The molecule has 0 saturated carbocycles. The van der Waals surface area contributed by atoms with Gasteiger partial charge in [-0.2, -0.15) is 0 Å². The number of fused-ring (bicyclic) bond motifs is 1. The predicted octanol–water partition coefficient (Wildman–Crippen LogP) is 4.42. The number of hydrogen-bond donors (Lipinski definition) is 1. The summed E-state index contributed by atoms with van der Waals surface area (Å²) in [6.07, 6.45) is 1.69. The van der Waals surface area contributed by atoms with Crippen LogP contribution in [0, 0.1) is 0 Å². The van der Waals surface area contributed by atoms with Gasteiger partial charge in [0.2, 0.25) is 0 Å². The number of ether oxygens (including phenoxy) is 1. The van der Waals surface area contributed by atoms with Gasteiger partial charge in [0.15, 0.2) is 0 Å². The number of benzene rings is 2. The van der Waals surface area contributed by atoms with Crippen LogP contribution < -0.4 is 10.5 Å². The monoisotopic (exact) mass is 383 g/mol. The van der Waals surface area contributed by atoms with E-state index < -0.39 is 5.91 Å². The summed E-state index contributed by atoms with van der Waals surface area (Å²) in [6.45, 7) is 0.359. The average Bonchev–Trinajstić information content (AvgIpc) is 3.24. The van der Waals surface area contributed by atoms with Gasteiger partial charge >= 0.3 is 0 Å². The molecule has 0 unspecified atom stereocenters. The topological polar surface area (TPSA) is 70.1 Å². The van der Waals surface area contributed by atoms with Gasteiger partial charge < -0.3 is 10.5 Å². The fourth-order valence-electron chi connectivity index (χ4n) is 2.66. The van der Waals surface area contributed by atoms with Gasteiger partial charge in [-0.3, -0.25) is 9.36 Å². The number of nitrogens with zero attached hydrogens (tertiary/aromatic N) is 2. The Labute approximate surface area is 158 Å². The highest BCUT2D eigenvalue weighted by atomic mass is 35.5. The molecule has 5 nitrogen and oxygen atoms in total. The molecule has 4 rings (SSSR count). The first-order valence-electron chi connectivity index (χ1n) is 7.85. The van der Waals surface area contributed by atoms with Gasteiger partial charge in [-0.25, -0.2) is 4.98 Å². The molecule has 0 atom stereocenters. The number of aromatic nitrogens is 2. The fourth-order valence-corrected chi connectivity index (χ4v) is 3.76. The zero-order valence-corrected chi connectivity index (χ0v) is 15.1. The average molecular weight is 384 g/mol. The first-order chi connectivity index (χ1) is 12.6. The Morgan fingerprint density at radius 3 is 2.77 bits per heavy atom. The third-order valence-corrected chi connectivity index (χ3v) is 5.26. The molecule has 2 aromatic carbocycles. The fraction of sp³-hybridized carbons (Fsp3) is 0.0526. The number of carbonyl (C=O) groups is 1. The lowest BCUT2D eigenvalue weighted by Gasteiger charge is -2.05. The van der Waals surface area contributed by atoms with Crippen LogP contribution in [-0.4, -0.2) is 15.5 Å². The molecule has 7 heteroatoms. The quantitative estimate of drug-likeness (QED) is 0.554. The highest BCUT2D eigenvalue weighted by Gasteiger charge is 2.18. The zero-order valence-electron chi connectivity index (χ0n) is 13.6. The van der Waals surface area contributed by atoms with Crippen molar-refractivity contribution in [3.05, 3.63) is 76.4 Å². The van der Waals surface area contributed by atoms with Crippen LogP contribution in [0.2, 0.25) is 5.02 Å². The first-order valence-corrected chi connectivity index (χ1v) is 9.04. The van der Waals surface area contributed by atoms with Gasteiger partial charge in [-0.1, -0.05) is 41.9 Å². The Hall–Kier alpha value is -2.83. The van der Waals surface area contributed by atoms with E-state index in [1.807, 2.05) is 47.0 Å². The van der Waals surface area contributed by atoms with Gasteiger partial charge in [0.05, 0.1) is 11.0 Å². The molecular formula is C19H14ClN3O2S. The summed E-state index contributed by atoms with van der Waals surface area (Å²) in [7, 11) is 0. The highest BCUT2D eigenvalue weighted by molar-refractivity contribution is 7.16. The van der Waals surface area contributed by atoms with Crippen molar-refractivity contribution < 1.29 is 9.53 Å². The van der Waals surface area contributed by atoms with Crippen LogP contribution in [0.3, 0.4) is 0 Å². The Morgan fingerprint density at radius 1 is 1.19 bits per heavy atom. The van der Waals surface area contributed by atoms with E-state index in [1.54, 1.807) is 18.5 Å². The van der Waals surface area contributed by atoms with Crippen LogP contribution in [-0.2, 0) is 6.61 Å². The van der Waals surface area contributed by atoms with Crippen LogP contribution >= 0.6 is 22.9 Å². The van der Waals surface area contributed by atoms with E-state index in [2.05, 4.69) is 4.98 Å². The lowest BCUT2D eigenvalue weighted by atomic mass is 10.2. The van der Waals surface area contributed by atoms with Crippen molar-refractivity contribution in [2.24, 2.45) is 5.73 Å². The molecule has 4 aromatic rings. The zero-order chi connectivity index (χ0) is 18.1. The SMILES string of the molecule is NC(=O)c1sc(-n2cnc3cc(Cl)ccc32)cc1OCc1ccccc1. The highest BCUT2D eigenvalue weighted by Crippen LogP contribution is 2.34. The Kier molecular flexibility index (Phi) is 4.36. The van der Waals surface area contributed by atoms with E-state index >= 15 is 0 Å². The molecule has 1 amide bonds. The molecule has 0 spiro atoms. The smallest absolute Gasteiger partial charge is 0.262 e. The van der Waals surface area contributed by atoms with E-state index in [0.717, 1.165) is 21.6 Å². The lowest BCUT2D eigenvalue weighted by molar-refractivity contribution is 0.1000. The van der Waals surface area contributed by atoms with Crippen molar-refractivity contribution in [2.75, 3.05) is 0 Å². The lowest BCUT2D eigenvalue weighted by Crippen LogP contribution is -2.10. The van der Waals surface area contributed by atoms with Crippen LogP contribution in [0.1, 0.15) is 15.2 Å². The maximum Gasteiger partial charge on any atom is 0.262 e. The van der Waals surface area contributed by atoms with Crippen LogP contribution in [0.25, 0.3) is 16.0 Å². The van der Waals surface area contributed by atoms with E-state index in [1.165, 1.54) is 11.3 Å². The van der Waals surface area contributed by atoms with Crippen LogP contribution in [0.5, 0.6) is 5.75 Å². The predicted molar refractivity (Wildman–Crippen MR) is 103 cm³/mol. The molecule has 0 aliphatic rings. The Morgan fingerprint density at radius 2 is 2.00 bits per heavy atom. The van der Waals surface area contributed by atoms with E-state index in [9.17, 15) is 4.79 Å². The van der Waals surface area contributed by atoms with Gasteiger partial charge in [-0.05, 0) is 23.8 Å². The van der Waals surface area contributed by atoms with Crippen LogP contribution in [0.15, 0.2) is 60.9 Å². The van der Waals surface area contributed by atoms with E-state index in [-0.39, 0.29) is 0 Å². The van der Waals surface area contributed by atoms with Gasteiger partial charge in [0, 0.05) is 11.1 Å². The summed E-state index contributed by atoms with van der Waals surface area (Å²) in [5.41, 5.74) is 8.21. The van der Waals surface area contributed by atoms with Crippen molar-refractivity contribution in [3.63, 3.8) is 0 Å². The summed E-state index contributed by atoms with van der Waals surface area (Å²) in [6, 6.07) is 17.0. The minimum absolute atomic E-state index is 0.359. The third kappa shape index (κ3) is 3.16. The number of nitrogens with two attached hydrogens (primary N) is 1. The second-order valence-electron chi connectivity index (χ2n) is 5.66. The van der Waals surface area contributed by atoms with E-state index in [4.69, 9.17) is 22.1 Å². The molecule has 2 N–H and O–H groups in total. The Bertz CT molecular complexity index is 1090. The normalized spacial score (nSPS) is 11.0. The van der Waals surface area contributed by atoms with Crippen molar-refractivity contribution in [1.29, 1.82) is 0 Å². The number of halogens is 1. The molecule has 2 aromatic heterocycles. The maximum absolute atomic E-state index is 11.8. The molecule has 2 heterocycles. The second-order valence-corrected chi connectivity index (χ2v) is 7.13. The standard InChI is InChI=1S/C19H14ClN3O2S/c20-13-6-7-15-14(8-13)22-11-23(15)17-9-16(18(26-17)19(21)24)25-10-12-4-2-1-3-5-12/h1-9,11H,10H2,(H2,21,24). The number of rotatable bonds is 5. The van der Waals surface area contributed by atoms with Gasteiger partial charge in [0.25, 0.3) is 5.91 Å². The molecule has 130 valence electrons. The van der Waals surface area contributed by atoms with E-state index in [0.29, 0.717) is 22.3 Å². The van der Waals surface area contributed by atoms with Gasteiger partial charge in [0.1, 0.15) is 28.6 Å². The largest absolute Gasteiger partial charge is 0.487 e. The minimum atomic E-state index is -0.517. The Balaban J connectivity index is 1.70. The molecule has 0 aliphatic carbocycles. The summed E-state index contributed by atoms with van der Waals surface area (Å²) >= 11 is 7.29. The van der Waals surface area contributed by atoms with Gasteiger partial charge in [-0.15, -0.1) is 11.3 Å². The summed E-state index contributed by atoms with van der Waals surface area (Å²) in [5, 5.41) is 1.42. The number of thiophene rings is 1. The molecule has 26 heavy (non-hydrogen) atoms. The van der Waals surface area contributed by atoms with Crippen molar-refractivity contribution in [1.82, 2.24) is 9.55 Å². The first kappa shape index (κ1) is 16.6. The number of imidazole rings is 1. The minimum Gasteiger partial charge on any atom is -0.487 e. The molecule has 0 radical (unpaired) electrons. The third-order valence-electron chi connectivity index (χ3n) is 3.89. The number of primary amides is 1. The molecule has 0 aliphatic heterocycles. The molecular weight excluding hydrogens is 370 g/mol. The molecule has 0 fully saturated rings. The van der Waals surface area contributed by atoms with Crippen LogP contribution in [0.4, 0.5) is 0 Å². The van der Waals surface area contributed by atoms with Crippen molar-refractivity contribution >= 4 is 39.9 Å². The van der Waals surface area contributed by atoms with Crippen molar-refractivity contribution in [2.45, 2.75) is 6.61 Å². The molecule has 0 bridgehead atoms. The number of hydrogen-bond acceptors (Lipinski definition) is 4.